The van der Waals surface area contributed by atoms with Crippen molar-refractivity contribution in [3.8, 4) is 0 Å². The van der Waals surface area contributed by atoms with Crippen molar-refractivity contribution in [2.24, 2.45) is 11.8 Å². The summed E-state index contributed by atoms with van der Waals surface area (Å²) in [4.78, 5) is 22.3. The third-order valence-corrected chi connectivity index (χ3v) is 3.65. The maximum absolute atomic E-state index is 11.9. The van der Waals surface area contributed by atoms with Crippen molar-refractivity contribution >= 4 is 11.9 Å². The second kappa shape index (κ2) is 7.36. The molecule has 1 rings (SSSR count). The molecule has 0 aromatic heterocycles. The number of amides is 1. The maximum Gasteiger partial charge on any atom is 0.303 e. The Bertz CT molecular complexity index is 294. The molecule has 1 aliphatic rings. The third kappa shape index (κ3) is 5.04. The summed E-state index contributed by atoms with van der Waals surface area (Å²) in [6.07, 6.45) is 2.63. The van der Waals surface area contributed by atoms with Gasteiger partial charge in [0.25, 0.3) is 0 Å². The first kappa shape index (κ1) is 15.0. The van der Waals surface area contributed by atoms with Crippen molar-refractivity contribution in [2.45, 2.75) is 45.6 Å². The van der Waals surface area contributed by atoms with Crippen molar-refractivity contribution in [3.63, 3.8) is 0 Å². The van der Waals surface area contributed by atoms with Crippen molar-refractivity contribution in [1.29, 1.82) is 0 Å². The molecule has 1 amide bonds. The van der Waals surface area contributed by atoms with Gasteiger partial charge >= 0.3 is 5.97 Å². The van der Waals surface area contributed by atoms with Crippen LogP contribution in [0.15, 0.2) is 0 Å². The number of rotatable bonds is 7. The molecule has 1 aliphatic heterocycles. The highest BCUT2D eigenvalue weighted by Gasteiger charge is 2.28. The second-order valence-corrected chi connectivity index (χ2v) is 5.26. The van der Waals surface area contributed by atoms with Gasteiger partial charge in [-0.25, -0.2) is 0 Å². The summed E-state index contributed by atoms with van der Waals surface area (Å²) in [5.41, 5.74) is 0. The Hall–Kier alpha value is -1.10. The minimum absolute atomic E-state index is 0.0827. The quantitative estimate of drug-likeness (QED) is 0.635. The van der Waals surface area contributed by atoms with Crippen LogP contribution in [0.3, 0.4) is 0 Å². The highest BCUT2D eigenvalue weighted by Crippen LogP contribution is 2.15. The highest BCUT2D eigenvalue weighted by atomic mass is 16.4. The van der Waals surface area contributed by atoms with Gasteiger partial charge in [-0.15, -0.1) is 0 Å². The lowest BCUT2D eigenvalue weighted by Crippen LogP contribution is -2.37. The van der Waals surface area contributed by atoms with Gasteiger partial charge in [0, 0.05) is 19.0 Å². The van der Waals surface area contributed by atoms with E-state index in [1.54, 1.807) is 0 Å². The van der Waals surface area contributed by atoms with Gasteiger partial charge in [0.1, 0.15) is 0 Å². The molecule has 0 aromatic rings. The summed E-state index contributed by atoms with van der Waals surface area (Å²) in [7, 11) is 0. The van der Waals surface area contributed by atoms with E-state index in [1.807, 2.05) is 13.8 Å². The summed E-state index contributed by atoms with van der Waals surface area (Å²) in [5.74, 6) is -0.213. The molecule has 0 bridgehead atoms. The molecule has 18 heavy (non-hydrogen) atoms. The molecule has 1 heterocycles. The van der Waals surface area contributed by atoms with Crippen LogP contribution in [0.1, 0.15) is 39.5 Å². The second-order valence-electron chi connectivity index (χ2n) is 5.26. The van der Waals surface area contributed by atoms with Gasteiger partial charge in [-0.2, -0.15) is 0 Å². The fourth-order valence-corrected chi connectivity index (χ4v) is 2.30. The van der Waals surface area contributed by atoms with Gasteiger partial charge in [0.2, 0.25) is 5.91 Å². The Morgan fingerprint density at radius 1 is 1.44 bits per heavy atom. The van der Waals surface area contributed by atoms with Gasteiger partial charge in [-0.05, 0) is 38.6 Å². The van der Waals surface area contributed by atoms with Crippen LogP contribution in [0, 0.1) is 11.8 Å². The largest absolute Gasteiger partial charge is 0.481 e. The van der Waals surface area contributed by atoms with Gasteiger partial charge < -0.3 is 15.7 Å². The van der Waals surface area contributed by atoms with E-state index in [9.17, 15) is 9.59 Å². The predicted molar refractivity (Wildman–Crippen MR) is 69.2 cm³/mol. The smallest absolute Gasteiger partial charge is 0.303 e. The first-order valence-electron chi connectivity index (χ1n) is 6.73. The SMILES string of the molecule is CC(CCNC(=O)C1CCNC1C)CCC(=O)O. The van der Waals surface area contributed by atoms with Gasteiger partial charge in [0.05, 0.1) is 5.92 Å². The number of aliphatic carboxylic acids is 1. The number of hydrogen-bond donors (Lipinski definition) is 3. The zero-order chi connectivity index (χ0) is 13.5. The molecule has 0 aliphatic carbocycles. The van der Waals surface area contributed by atoms with Crippen LogP contribution in [0.25, 0.3) is 0 Å². The molecule has 3 atom stereocenters. The van der Waals surface area contributed by atoms with Crippen LogP contribution in [-0.2, 0) is 9.59 Å². The van der Waals surface area contributed by atoms with E-state index in [0.29, 0.717) is 18.9 Å². The average Bonchev–Trinajstić information content (AvgIpc) is 2.72. The minimum atomic E-state index is -0.753. The molecule has 104 valence electrons. The zero-order valence-electron chi connectivity index (χ0n) is 11.2. The van der Waals surface area contributed by atoms with Crippen molar-refractivity contribution in [3.05, 3.63) is 0 Å². The first-order valence-corrected chi connectivity index (χ1v) is 6.73. The Morgan fingerprint density at radius 3 is 2.72 bits per heavy atom. The summed E-state index contributed by atoms with van der Waals surface area (Å²) in [6.45, 7) is 5.61. The topological polar surface area (TPSA) is 78.4 Å². The average molecular weight is 256 g/mol. The molecule has 0 radical (unpaired) electrons. The number of carboxylic acids is 1. The standard InChI is InChI=1S/C13H24N2O3/c1-9(3-4-12(16)17)5-7-15-13(18)11-6-8-14-10(11)2/h9-11,14H,3-8H2,1-2H3,(H,15,18)(H,16,17). The fraction of sp³-hybridized carbons (Fsp3) is 0.846. The molecule has 3 N–H and O–H groups in total. The lowest BCUT2D eigenvalue weighted by molar-refractivity contribution is -0.137. The first-order chi connectivity index (χ1) is 8.50. The maximum atomic E-state index is 11.9. The van der Waals surface area contributed by atoms with Crippen LogP contribution in [0.2, 0.25) is 0 Å². The Labute approximate surface area is 108 Å². The number of nitrogens with one attached hydrogen (secondary N) is 2. The summed E-state index contributed by atoms with van der Waals surface area (Å²) in [5, 5.41) is 14.8. The molecule has 1 fully saturated rings. The lowest BCUT2D eigenvalue weighted by atomic mass is 10.00. The van der Waals surface area contributed by atoms with Crippen molar-refractivity contribution in [2.75, 3.05) is 13.1 Å². The fourth-order valence-electron chi connectivity index (χ4n) is 2.30. The van der Waals surface area contributed by atoms with Crippen molar-refractivity contribution in [1.82, 2.24) is 10.6 Å². The molecular formula is C13H24N2O3. The van der Waals surface area contributed by atoms with E-state index in [4.69, 9.17) is 5.11 Å². The van der Waals surface area contributed by atoms with Crippen LogP contribution in [0.4, 0.5) is 0 Å². The van der Waals surface area contributed by atoms with Crippen LogP contribution >= 0.6 is 0 Å². The van der Waals surface area contributed by atoms with Gasteiger partial charge in [0.15, 0.2) is 0 Å². The molecule has 5 heteroatoms. The van der Waals surface area contributed by atoms with Crippen LogP contribution in [-0.4, -0.2) is 36.1 Å². The Balaban J connectivity index is 2.13. The number of carboxylic acid groups (broad SMARTS) is 1. The van der Waals surface area contributed by atoms with Crippen LogP contribution in [0.5, 0.6) is 0 Å². The minimum Gasteiger partial charge on any atom is -0.481 e. The van der Waals surface area contributed by atoms with Crippen LogP contribution < -0.4 is 10.6 Å². The molecule has 0 saturated carbocycles. The van der Waals surface area contributed by atoms with E-state index in [1.165, 1.54) is 0 Å². The van der Waals surface area contributed by atoms with Gasteiger partial charge in [-0.3, -0.25) is 9.59 Å². The van der Waals surface area contributed by atoms with Crippen molar-refractivity contribution < 1.29 is 14.7 Å². The highest BCUT2D eigenvalue weighted by molar-refractivity contribution is 5.79. The van der Waals surface area contributed by atoms with Gasteiger partial charge in [-0.1, -0.05) is 6.92 Å². The molecule has 5 nitrogen and oxygen atoms in total. The summed E-state index contributed by atoms with van der Waals surface area (Å²) >= 11 is 0. The zero-order valence-corrected chi connectivity index (χ0v) is 11.2. The van der Waals surface area contributed by atoms with E-state index >= 15 is 0 Å². The number of carbonyl (C=O) groups excluding carboxylic acids is 1. The molecule has 3 unspecified atom stereocenters. The Kier molecular flexibility index (Phi) is 6.12. The van der Waals surface area contributed by atoms with E-state index in [0.717, 1.165) is 19.4 Å². The summed E-state index contributed by atoms with van der Waals surface area (Å²) in [6, 6.07) is 0.259. The Morgan fingerprint density at radius 2 is 2.17 bits per heavy atom. The number of carbonyl (C=O) groups is 2. The summed E-state index contributed by atoms with van der Waals surface area (Å²) < 4.78 is 0. The monoisotopic (exact) mass is 256 g/mol. The molecule has 0 aromatic carbocycles. The molecular weight excluding hydrogens is 232 g/mol. The van der Waals surface area contributed by atoms with E-state index in [-0.39, 0.29) is 24.3 Å². The van der Waals surface area contributed by atoms with E-state index in [2.05, 4.69) is 10.6 Å². The van der Waals surface area contributed by atoms with E-state index < -0.39 is 5.97 Å². The molecule has 0 spiro atoms. The molecule has 1 saturated heterocycles. The normalized spacial score (nSPS) is 24.8. The third-order valence-electron chi connectivity index (χ3n) is 3.65. The predicted octanol–water partition coefficient (Wildman–Crippen LogP) is 0.992. The lowest BCUT2D eigenvalue weighted by Gasteiger charge is -2.16. The number of hydrogen-bond acceptors (Lipinski definition) is 3.